The van der Waals surface area contributed by atoms with Crippen LogP contribution in [0.2, 0.25) is 0 Å². The van der Waals surface area contributed by atoms with E-state index in [1.54, 1.807) is 0 Å². The van der Waals surface area contributed by atoms with Crippen LogP contribution in [0, 0.1) is 0 Å². The lowest BCUT2D eigenvalue weighted by Gasteiger charge is -2.00. The van der Waals surface area contributed by atoms with Gasteiger partial charge in [-0.1, -0.05) is 0 Å². The van der Waals surface area contributed by atoms with Gasteiger partial charge in [-0.25, -0.2) is 22.0 Å². The van der Waals surface area contributed by atoms with Gasteiger partial charge in [0.05, 0.1) is 4.90 Å². The van der Waals surface area contributed by atoms with E-state index in [0.717, 1.165) is 12.3 Å². The maximum Gasteiger partial charge on any atom is 0.271 e. The van der Waals surface area contributed by atoms with Gasteiger partial charge < -0.3 is 9.52 Å². The normalized spacial score (nSPS) is 12.5. The van der Waals surface area contributed by atoms with Gasteiger partial charge in [-0.05, 0) is 24.3 Å². The van der Waals surface area contributed by atoms with Crippen LogP contribution in [-0.4, -0.2) is 21.9 Å². The minimum Gasteiger partial charge on any atom is -0.508 e. The molecule has 0 aliphatic carbocycles. The molecule has 0 atom stereocenters. The van der Waals surface area contributed by atoms with Crippen LogP contribution in [0.5, 0.6) is 5.75 Å². The first kappa shape index (κ1) is 13.6. The van der Waals surface area contributed by atoms with E-state index in [1.807, 2.05) is 0 Å². The Labute approximate surface area is 109 Å². The van der Waals surface area contributed by atoms with E-state index in [-0.39, 0.29) is 15.5 Å². The molecule has 3 N–H and O–H groups in total. The van der Waals surface area contributed by atoms with Crippen molar-refractivity contribution in [2.24, 2.45) is 5.14 Å². The molecular weight excluding hydrogens is 294 g/mol. The third kappa shape index (κ3) is 2.62. The first-order valence-electron chi connectivity index (χ1n) is 4.87. The van der Waals surface area contributed by atoms with Gasteiger partial charge in [0, 0.05) is 6.07 Å². The highest BCUT2D eigenvalue weighted by atomic mass is 32.2. The summed E-state index contributed by atoms with van der Waals surface area (Å²) in [6, 6.07) is 5.61. The van der Waals surface area contributed by atoms with Crippen LogP contribution in [-0.2, 0) is 19.9 Å². The molecule has 0 spiro atoms. The fraction of sp³-hybridized carbons (Fsp3) is 0. The van der Waals surface area contributed by atoms with Gasteiger partial charge in [-0.3, -0.25) is 0 Å². The summed E-state index contributed by atoms with van der Waals surface area (Å²) in [6.45, 7) is 0. The van der Waals surface area contributed by atoms with Gasteiger partial charge in [-0.15, -0.1) is 0 Å². The molecule has 9 heteroatoms. The lowest BCUT2D eigenvalue weighted by Crippen LogP contribution is -2.11. The summed E-state index contributed by atoms with van der Waals surface area (Å²) in [4.78, 5) is -0.436. The van der Waals surface area contributed by atoms with Crippen molar-refractivity contribution in [2.75, 3.05) is 0 Å². The Morgan fingerprint density at radius 3 is 2.05 bits per heavy atom. The zero-order valence-electron chi connectivity index (χ0n) is 9.35. The van der Waals surface area contributed by atoms with Crippen LogP contribution in [0.15, 0.2) is 55.9 Å². The highest BCUT2D eigenvalue weighted by Gasteiger charge is 2.23. The predicted octanol–water partition coefficient (Wildman–Crippen LogP) is 0.465. The number of phenols is 1. The fourth-order valence-corrected chi connectivity index (χ4v) is 3.10. The largest absolute Gasteiger partial charge is 0.508 e. The molecule has 0 amide bonds. The summed E-state index contributed by atoms with van der Waals surface area (Å²) in [5.74, 6) is -0.0867. The SMILES string of the molecule is NS(=O)(=O)c1cc(S(=O)(=O)c2ccc(O)cc2)co1. The van der Waals surface area contributed by atoms with E-state index < -0.39 is 25.0 Å². The first-order chi connectivity index (χ1) is 8.71. The number of sulfone groups is 1. The zero-order valence-corrected chi connectivity index (χ0v) is 11.0. The first-order valence-corrected chi connectivity index (χ1v) is 7.90. The Balaban J connectivity index is 2.51. The number of benzene rings is 1. The molecule has 1 aromatic heterocycles. The molecule has 2 aromatic rings. The van der Waals surface area contributed by atoms with E-state index in [4.69, 9.17) is 10.2 Å². The van der Waals surface area contributed by atoms with Gasteiger partial charge in [0.1, 0.15) is 16.9 Å². The second-order valence-corrected chi connectivity index (χ2v) is 7.09. The summed E-state index contributed by atoms with van der Waals surface area (Å²) in [6.07, 6.45) is 0.794. The predicted molar refractivity (Wildman–Crippen MR) is 63.6 cm³/mol. The highest BCUT2D eigenvalue weighted by molar-refractivity contribution is 7.91. The van der Waals surface area contributed by atoms with Crippen molar-refractivity contribution in [3.63, 3.8) is 0 Å². The quantitative estimate of drug-likeness (QED) is 0.848. The molecule has 19 heavy (non-hydrogen) atoms. The molecule has 0 aliphatic rings. The van der Waals surface area contributed by atoms with Crippen molar-refractivity contribution in [3.8, 4) is 5.75 Å². The van der Waals surface area contributed by atoms with E-state index in [9.17, 15) is 16.8 Å². The van der Waals surface area contributed by atoms with Crippen molar-refractivity contribution >= 4 is 19.9 Å². The average Bonchev–Trinajstić information content (AvgIpc) is 2.79. The Morgan fingerprint density at radius 1 is 1.00 bits per heavy atom. The maximum absolute atomic E-state index is 12.1. The number of sulfonamides is 1. The standard InChI is InChI=1S/C10H9NO6S2/c11-19(15,16)10-5-9(6-17-10)18(13,14)8-3-1-7(12)2-4-8/h1-6,12H,(H2,11,15,16). The van der Waals surface area contributed by atoms with E-state index in [2.05, 4.69) is 4.42 Å². The molecule has 102 valence electrons. The number of hydrogen-bond acceptors (Lipinski definition) is 6. The highest BCUT2D eigenvalue weighted by Crippen LogP contribution is 2.25. The summed E-state index contributed by atoms with van der Waals surface area (Å²) in [5.41, 5.74) is 0. The molecule has 1 aromatic carbocycles. The number of aromatic hydroxyl groups is 1. The summed E-state index contributed by atoms with van der Waals surface area (Å²) >= 11 is 0. The van der Waals surface area contributed by atoms with E-state index in [1.165, 1.54) is 24.3 Å². The van der Waals surface area contributed by atoms with Crippen LogP contribution in [0.3, 0.4) is 0 Å². The lowest BCUT2D eigenvalue weighted by molar-refractivity contribution is 0.448. The minimum absolute atomic E-state index is 0.0867. The van der Waals surface area contributed by atoms with Crippen molar-refractivity contribution < 1.29 is 26.4 Å². The molecule has 0 unspecified atom stereocenters. The van der Waals surface area contributed by atoms with Gasteiger partial charge in [0.2, 0.25) is 14.9 Å². The topological polar surface area (TPSA) is 128 Å². The van der Waals surface area contributed by atoms with E-state index in [0.29, 0.717) is 0 Å². The molecule has 7 nitrogen and oxygen atoms in total. The van der Waals surface area contributed by atoms with Crippen LogP contribution in [0.25, 0.3) is 0 Å². The van der Waals surface area contributed by atoms with Crippen molar-refractivity contribution in [1.29, 1.82) is 0 Å². The third-order valence-electron chi connectivity index (χ3n) is 2.29. The number of primary sulfonamides is 1. The monoisotopic (exact) mass is 303 g/mol. The maximum atomic E-state index is 12.1. The number of rotatable bonds is 3. The number of furan rings is 1. The van der Waals surface area contributed by atoms with Crippen LogP contribution < -0.4 is 5.14 Å². The second kappa shape index (κ2) is 4.37. The molecule has 0 saturated carbocycles. The Hall–Kier alpha value is -1.84. The molecule has 0 fully saturated rings. The van der Waals surface area contributed by atoms with Crippen molar-refractivity contribution in [1.82, 2.24) is 0 Å². The van der Waals surface area contributed by atoms with Gasteiger partial charge >= 0.3 is 0 Å². The Bertz CT molecular complexity index is 802. The summed E-state index contributed by atoms with van der Waals surface area (Å²) < 4.78 is 50.9. The van der Waals surface area contributed by atoms with Gasteiger partial charge in [-0.2, -0.15) is 0 Å². The van der Waals surface area contributed by atoms with Gasteiger partial charge in [0.15, 0.2) is 0 Å². The Kier molecular flexibility index (Phi) is 3.12. The molecule has 2 rings (SSSR count). The van der Waals surface area contributed by atoms with Crippen molar-refractivity contribution in [3.05, 3.63) is 36.6 Å². The van der Waals surface area contributed by atoms with Crippen LogP contribution in [0.4, 0.5) is 0 Å². The molecule has 0 bridgehead atoms. The number of phenolic OH excluding ortho intramolecular Hbond substituents is 1. The fourth-order valence-electron chi connectivity index (χ4n) is 1.35. The van der Waals surface area contributed by atoms with Crippen LogP contribution in [0.1, 0.15) is 0 Å². The second-order valence-electron chi connectivity index (χ2n) is 3.64. The third-order valence-corrected chi connectivity index (χ3v) is 4.79. The zero-order chi connectivity index (χ0) is 14.3. The van der Waals surface area contributed by atoms with Crippen LogP contribution >= 0.6 is 0 Å². The smallest absolute Gasteiger partial charge is 0.271 e. The van der Waals surface area contributed by atoms with E-state index >= 15 is 0 Å². The van der Waals surface area contributed by atoms with Gasteiger partial charge in [0.25, 0.3) is 10.0 Å². The molecule has 1 heterocycles. The molecule has 0 aliphatic heterocycles. The summed E-state index contributed by atoms with van der Waals surface area (Å²) in [7, 11) is -8.02. The number of nitrogens with two attached hydrogens (primary N) is 1. The lowest BCUT2D eigenvalue weighted by atomic mass is 10.3. The van der Waals surface area contributed by atoms with Crippen molar-refractivity contribution in [2.45, 2.75) is 14.9 Å². The Morgan fingerprint density at radius 2 is 1.58 bits per heavy atom. The molecular formula is C10H9NO6S2. The molecule has 0 radical (unpaired) electrons. The summed E-state index contributed by atoms with van der Waals surface area (Å²) in [5, 5.41) is 13.3. The molecule has 0 saturated heterocycles. The minimum atomic E-state index is -4.10. The average molecular weight is 303 g/mol. The number of hydrogen-bond donors (Lipinski definition) is 2.